The number of carbonyl (C=O) groups excluding carboxylic acids is 1. The number of aliphatic hydroxyl groups excluding tert-OH is 1. The number of aromatic nitrogens is 12. The fraction of sp³-hybridized carbons (Fsp3) is 0.490. The van der Waals surface area contributed by atoms with Gasteiger partial charge in [-0.1, -0.05) is 54.4 Å². The van der Waals surface area contributed by atoms with E-state index in [0.717, 1.165) is 45.4 Å². The Balaban J connectivity index is 0.000000737. The van der Waals surface area contributed by atoms with Gasteiger partial charge in [0, 0.05) is 81.1 Å². The lowest BCUT2D eigenvalue weighted by atomic mass is 10.2. The van der Waals surface area contributed by atoms with Gasteiger partial charge < -0.3 is 28.2 Å². The SMILES string of the molecule is C.CC(C)=O.CCC.CCCC.CCO.Cc1cn(C)c2ncnc(C)c12.Cc1cn(C)c2ncnc(C)c12.Cc1cn(C)c2ncnc(C)c12.Cc1cn(C)c2ncnc(C)c12. The Bertz CT molecular complexity index is 2230. The number of nitrogens with zero attached hydrogens (tertiary/aromatic N) is 12. The molecule has 346 valence electrons. The predicted octanol–water partition coefficient (Wildman–Crippen LogP) is 10.8. The molecule has 14 heteroatoms. The highest BCUT2D eigenvalue weighted by Crippen LogP contribution is 2.22. The van der Waals surface area contributed by atoms with E-state index in [9.17, 15) is 4.79 Å². The van der Waals surface area contributed by atoms with Crippen LogP contribution in [0.15, 0.2) is 50.1 Å². The molecule has 8 aromatic rings. The summed E-state index contributed by atoms with van der Waals surface area (Å²) in [4.78, 5) is 42.9. The molecule has 0 aromatic carbocycles. The van der Waals surface area contributed by atoms with Crippen molar-refractivity contribution in [3.63, 3.8) is 0 Å². The quantitative estimate of drug-likeness (QED) is 0.168. The van der Waals surface area contributed by atoms with Gasteiger partial charge in [-0.05, 0) is 98.4 Å². The number of carbonyl (C=O) groups is 1. The number of Topliss-reactive ketones (excluding diaryl/α,β-unsaturated/α-hetero) is 1. The molecule has 8 heterocycles. The fourth-order valence-electron chi connectivity index (χ4n) is 6.43. The van der Waals surface area contributed by atoms with Crippen LogP contribution in [0, 0.1) is 55.4 Å². The van der Waals surface area contributed by atoms with Crippen molar-refractivity contribution in [1.82, 2.24) is 58.1 Å². The van der Waals surface area contributed by atoms with Crippen LogP contribution in [0.4, 0.5) is 0 Å². The van der Waals surface area contributed by atoms with Gasteiger partial charge in [0.05, 0.1) is 22.8 Å². The Morgan fingerprint density at radius 3 is 0.730 bits per heavy atom. The second kappa shape index (κ2) is 28.7. The van der Waals surface area contributed by atoms with Gasteiger partial charge >= 0.3 is 0 Å². The molecule has 0 radical (unpaired) electrons. The summed E-state index contributed by atoms with van der Waals surface area (Å²) in [5, 5.41) is 12.3. The number of rotatable bonds is 1. The first kappa shape index (κ1) is 57.1. The van der Waals surface area contributed by atoms with Crippen molar-refractivity contribution in [3.05, 3.63) is 95.1 Å². The van der Waals surface area contributed by atoms with Gasteiger partial charge in [0.1, 0.15) is 53.7 Å². The van der Waals surface area contributed by atoms with E-state index in [-0.39, 0.29) is 19.8 Å². The lowest BCUT2D eigenvalue weighted by Gasteiger charge is -1.95. The standard InChI is InChI=1S/4C9H11N3.C4H10.C3H6O.C3H8.C2H6O.CH4/c4*1-6-4-12(3)9-8(6)7(2)10-5-11-9;1-3-4-2;1-3(2)4;1-3-2;1-2-3;/h4*4-5H,1-3H3;3-4H2,1-2H3;1-2H3;3H2,1-2H3;3H,2H2,1H3;1H4. The highest BCUT2D eigenvalue weighted by Gasteiger charge is 2.09. The molecule has 0 unspecified atom stereocenters. The first-order valence-electron chi connectivity index (χ1n) is 21.3. The second-order valence-corrected chi connectivity index (χ2v) is 15.3. The molecule has 63 heavy (non-hydrogen) atoms. The molecule has 0 fully saturated rings. The minimum Gasteiger partial charge on any atom is -0.397 e. The van der Waals surface area contributed by atoms with Crippen molar-refractivity contribution in [2.45, 2.75) is 131 Å². The normalized spacial score (nSPS) is 9.78. The number of aryl methyl sites for hydroxylation is 12. The molecule has 0 amide bonds. The lowest BCUT2D eigenvalue weighted by molar-refractivity contribution is -0.115. The van der Waals surface area contributed by atoms with Crippen LogP contribution < -0.4 is 0 Å². The Kier molecular flexibility index (Phi) is 26.0. The fourth-order valence-corrected chi connectivity index (χ4v) is 6.43. The number of unbranched alkanes of at least 4 members (excludes halogenated alkanes) is 1. The summed E-state index contributed by atoms with van der Waals surface area (Å²) in [5.41, 5.74) is 13.2. The summed E-state index contributed by atoms with van der Waals surface area (Å²) in [6.07, 6.45) is 18.6. The van der Waals surface area contributed by atoms with Gasteiger partial charge in [-0.25, -0.2) is 39.9 Å². The van der Waals surface area contributed by atoms with E-state index in [4.69, 9.17) is 5.11 Å². The van der Waals surface area contributed by atoms with E-state index in [0.29, 0.717) is 0 Å². The van der Waals surface area contributed by atoms with Crippen LogP contribution in [0.5, 0.6) is 0 Å². The van der Waals surface area contributed by atoms with E-state index >= 15 is 0 Å². The Hall–Kier alpha value is -5.89. The summed E-state index contributed by atoms with van der Waals surface area (Å²) in [7, 11) is 8.01. The maximum Gasteiger partial charge on any atom is 0.143 e. The van der Waals surface area contributed by atoms with Crippen LogP contribution in [-0.2, 0) is 33.0 Å². The number of fused-ring (bicyclic) bond motifs is 4. The lowest BCUT2D eigenvalue weighted by Crippen LogP contribution is -1.90. The molecule has 0 saturated heterocycles. The molecule has 1 N–H and O–H groups in total. The molecule has 0 atom stereocenters. The van der Waals surface area contributed by atoms with Crippen molar-refractivity contribution in [1.29, 1.82) is 0 Å². The Morgan fingerprint density at radius 2 is 0.603 bits per heavy atom. The number of ketones is 1. The van der Waals surface area contributed by atoms with E-state index in [1.165, 1.54) is 76.9 Å². The maximum atomic E-state index is 9.44. The van der Waals surface area contributed by atoms with E-state index in [2.05, 4.69) is 120 Å². The van der Waals surface area contributed by atoms with Crippen LogP contribution in [0.1, 0.15) is 120 Å². The second-order valence-electron chi connectivity index (χ2n) is 15.3. The van der Waals surface area contributed by atoms with E-state index in [1.807, 2.05) is 74.2 Å². The van der Waals surface area contributed by atoms with Crippen LogP contribution in [0.25, 0.3) is 44.1 Å². The van der Waals surface area contributed by atoms with Gasteiger partial charge in [0.2, 0.25) is 0 Å². The Labute approximate surface area is 377 Å². The van der Waals surface area contributed by atoms with Gasteiger partial charge in [0.25, 0.3) is 0 Å². The molecular formula is C49H78N12O2. The number of aliphatic hydroxyl groups is 1. The summed E-state index contributed by atoms with van der Waals surface area (Å²) in [6.45, 7) is 30.0. The van der Waals surface area contributed by atoms with Crippen LogP contribution in [0.2, 0.25) is 0 Å². The minimum absolute atomic E-state index is 0. The molecule has 0 bridgehead atoms. The van der Waals surface area contributed by atoms with Crippen molar-refractivity contribution in [2.24, 2.45) is 28.2 Å². The van der Waals surface area contributed by atoms with E-state index < -0.39 is 0 Å². The van der Waals surface area contributed by atoms with Crippen molar-refractivity contribution >= 4 is 49.9 Å². The first-order valence-corrected chi connectivity index (χ1v) is 21.3. The topological polar surface area (TPSA) is 160 Å². The first-order chi connectivity index (χ1) is 29.3. The molecule has 0 aliphatic carbocycles. The third kappa shape index (κ3) is 16.7. The highest BCUT2D eigenvalue weighted by molar-refractivity contribution is 5.84. The summed E-state index contributed by atoms with van der Waals surface area (Å²) in [6, 6.07) is 0. The van der Waals surface area contributed by atoms with Crippen LogP contribution in [0.3, 0.4) is 0 Å². The zero-order valence-electron chi connectivity index (χ0n) is 41.2. The zero-order valence-corrected chi connectivity index (χ0v) is 41.2. The maximum absolute atomic E-state index is 9.44. The monoisotopic (exact) mass is 867 g/mol. The molecule has 8 aromatic heterocycles. The predicted molar refractivity (Wildman–Crippen MR) is 264 cm³/mol. The third-order valence-corrected chi connectivity index (χ3v) is 9.03. The summed E-state index contributed by atoms with van der Waals surface area (Å²) >= 11 is 0. The van der Waals surface area contributed by atoms with E-state index in [1.54, 1.807) is 32.2 Å². The minimum atomic E-state index is 0. The molecule has 0 saturated carbocycles. The Morgan fingerprint density at radius 1 is 0.444 bits per heavy atom. The average Bonchev–Trinajstić information content (AvgIpc) is 3.89. The average molecular weight is 867 g/mol. The van der Waals surface area contributed by atoms with Crippen molar-refractivity contribution < 1.29 is 9.90 Å². The van der Waals surface area contributed by atoms with Crippen molar-refractivity contribution in [2.75, 3.05) is 6.61 Å². The molecule has 0 aliphatic rings. The molecular weight excluding hydrogens is 789 g/mol. The van der Waals surface area contributed by atoms with Gasteiger partial charge in [-0.2, -0.15) is 0 Å². The van der Waals surface area contributed by atoms with Crippen LogP contribution >= 0.6 is 0 Å². The summed E-state index contributed by atoms with van der Waals surface area (Å²) in [5.74, 6) is 0.167. The molecule has 8 rings (SSSR count). The highest BCUT2D eigenvalue weighted by atomic mass is 16.2. The zero-order chi connectivity index (χ0) is 47.3. The number of hydrogen-bond donors (Lipinski definition) is 1. The molecule has 0 aliphatic heterocycles. The van der Waals surface area contributed by atoms with Crippen molar-refractivity contribution in [3.8, 4) is 0 Å². The largest absolute Gasteiger partial charge is 0.397 e. The molecule has 14 nitrogen and oxygen atoms in total. The van der Waals surface area contributed by atoms with Gasteiger partial charge in [0.15, 0.2) is 0 Å². The molecule has 0 spiro atoms. The van der Waals surface area contributed by atoms with Gasteiger partial charge in [-0.3, -0.25) is 0 Å². The summed E-state index contributed by atoms with van der Waals surface area (Å²) < 4.78 is 8.11. The van der Waals surface area contributed by atoms with Crippen LogP contribution in [-0.4, -0.2) is 75.6 Å². The van der Waals surface area contributed by atoms with Gasteiger partial charge in [-0.15, -0.1) is 0 Å². The smallest absolute Gasteiger partial charge is 0.143 e. The third-order valence-electron chi connectivity index (χ3n) is 9.03. The number of hydrogen-bond acceptors (Lipinski definition) is 10.